The number of unbranched alkanes of at least 4 members (excludes halogenated alkanes) is 2. The molecule has 20 heteroatoms. The van der Waals surface area contributed by atoms with Gasteiger partial charge in [0, 0.05) is 50.0 Å². The summed E-state index contributed by atoms with van der Waals surface area (Å²) in [5, 5.41) is 20.3. The van der Waals surface area contributed by atoms with Crippen LogP contribution in [0.4, 0.5) is 17.1 Å². The topological polar surface area (TPSA) is 281 Å². The van der Waals surface area contributed by atoms with Gasteiger partial charge in [-0.2, -0.15) is 25.3 Å². The minimum absolute atomic E-state index is 0.0276. The monoisotopic (exact) mass is 1100 g/mol. The number of benzene rings is 7. The Morgan fingerprint density at radius 1 is 0.615 bits per heavy atom. The fourth-order valence-corrected chi connectivity index (χ4v) is 13.2. The Kier molecular flexibility index (Phi) is 12.2. The van der Waals surface area contributed by atoms with Gasteiger partial charge in [0.05, 0.1) is 47.3 Å². The molecule has 5 aliphatic rings. The van der Waals surface area contributed by atoms with Crippen molar-refractivity contribution in [1.29, 1.82) is 0 Å². The van der Waals surface area contributed by atoms with Crippen LogP contribution in [0.15, 0.2) is 160 Å². The van der Waals surface area contributed by atoms with Crippen LogP contribution in [0.5, 0.6) is 11.5 Å². The Labute approximate surface area is 448 Å². The lowest BCUT2D eigenvalue weighted by atomic mass is 9.76. The molecule has 0 saturated heterocycles. The first-order valence-electron chi connectivity index (χ1n) is 24.9. The lowest BCUT2D eigenvalue weighted by Gasteiger charge is -2.42. The maximum atomic E-state index is 15.3. The summed E-state index contributed by atoms with van der Waals surface area (Å²) < 4.78 is 112. The lowest BCUT2D eigenvalue weighted by Crippen LogP contribution is -2.45. The number of anilines is 3. The van der Waals surface area contributed by atoms with E-state index in [4.69, 9.17) is 20.2 Å². The van der Waals surface area contributed by atoms with E-state index in [1.165, 1.54) is 12.1 Å². The average Bonchev–Trinajstić information content (AvgIpc) is 3.66. The number of nitrogens with two attached hydrogens (primary N) is 1. The molecule has 78 heavy (non-hydrogen) atoms. The summed E-state index contributed by atoms with van der Waals surface area (Å²) in [7, 11) is -13.0. The zero-order valence-electron chi connectivity index (χ0n) is 41.2. The molecule has 396 valence electrons. The van der Waals surface area contributed by atoms with Gasteiger partial charge in [-0.1, -0.05) is 97.1 Å². The van der Waals surface area contributed by atoms with Crippen molar-refractivity contribution in [2.24, 2.45) is 4.99 Å². The van der Waals surface area contributed by atoms with Crippen LogP contribution >= 0.6 is 0 Å². The van der Waals surface area contributed by atoms with Gasteiger partial charge in [-0.3, -0.25) is 23.4 Å². The highest BCUT2D eigenvalue weighted by Crippen LogP contribution is 2.57. The molecule has 17 nitrogen and oxygen atoms in total. The molecule has 0 fully saturated rings. The van der Waals surface area contributed by atoms with Crippen LogP contribution in [0.25, 0.3) is 44.7 Å². The van der Waals surface area contributed by atoms with Crippen molar-refractivity contribution in [1.82, 2.24) is 0 Å². The number of nitrogens with one attached hydrogen (secondary N) is 2. The van der Waals surface area contributed by atoms with Crippen molar-refractivity contribution in [3.8, 4) is 33.8 Å². The SMILES string of the molecule is Nc1cccc2c1C(=N\C1c3ccccc3-c3ccc(OCCCCS(=O)(=O)O)cc31)/C(=C1/C(=O)C(c3ccc4c(S(=O)(=O)O)ccc5c4c3NC3(N5)c4ccccc4-c4ccc(OCCCCS(=O)(=O)O)cc43)=C1O)C=C2. The third-order valence-electron chi connectivity index (χ3n) is 14.8. The molecule has 0 bridgehead atoms. The van der Waals surface area contributed by atoms with Gasteiger partial charge in [-0.05, 0) is 107 Å². The van der Waals surface area contributed by atoms with Gasteiger partial charge < -0.3 is 30.9 Å². The molecule has 1 spiro atoms. The lowest BCUT2D eigenvalue weighted by molar-refractivity contribution is -0.111. The van der Waals surface area contributed by atoms with E-state index < -0.39 is 53.6 Å². The summed E-state index contributed by atoms with van der Waals surface area (Å²) in [6.45, 7) is 0.342. The molecule has 2 unspecified atom stereocenters. The van der Waals surface area contributed by atoms with Crippen molar-refractivity contribution in [2.75, 3.05) is 41.1 Å². The first-order valence-corrected chi connectivity index (χ1v) is 29.6. The number of Topliss-reactive ketones (excluding diaryl/α,β-unsaturated/α-hetero) is 1. The Balaban J connectivity index is 0.985. The molecule has 0 saturated carbocycles. The first kappa shape index (κ1) is 50.7. The van der Waals surface area contributed by atoms with Gasteiger partial charge in [-0.15, -0.1) is 0 Å². The number of ketones is 1. The molecule has 8 N–H and O–H groups in total. The van der Waals surface area contributed by atoms with Crippen LogP contribution in [-0.4, -0.2) is 80.2 Å². The average molecular weight is 1110 g/mol. The van der Waals surface area contributed by atoms with Crippen LogP contribution in [0.1, 0.15) is 70.7 Å². The van der Waals surface area contributed by atoms with Crippen LogP contribution in [-0.2, 0) is 40.8 Å². The van der Waals surface area contributed by atoms with Crippen molar-refractivity contribution in [3.05, 3.63) is 189 Å². The summed E-state index contributed by atoms with van der Waals surface area (Å²) in [6.07, 6.45) is 4.64. The highest BCUT2D eigenvalue weighted by atomic mass is 32.2. The number of aliphatic hydroxyl groups excluding tert-OH is 1. The van der Waals surface area contributed by atoms with Gasteiger partial charge in [0.2, 0.25) is 5.78 Å². The number of rotatable bonds is 15. The van der Waals surface area contributed by atoms with Gasteiger partial charge in [0.15, 0.2) is 5.66 Å². The van der Waals surface area contributed by atoms with Crippen molar-refractivity contribution < 1.29 is 58.3 Å². The van der Waals surface area contributed by atoms with Gasteiger partial charge in [0.25, 0.3) is 30.4 Å². The summed E-state index contributed by atoms with van der Waals surface area (Å²) >= 11 is 0. The van der Waals surface area contributed by atoms with Gasteiger partial charge >= 0.3 is 0 Å². The van der Waals surface area contributed by atoms with Gasteiger partial charge in [0.1, 0.15) is 28.2 Å². The Hall–Kier alpha value is -8.11. The number of nitrogen functional groups attached to an aromatic ring is 1. The fraction of sp³-hybridized carbons (Fsp3) is 0.172. The van der Waals surface area contributed by atoms with E-state index in [0.29, 0.717) is 63.5 Å². The number of ether oxygens (including phenoxy) is 2. The molecule has 7 aromatic rings. The van der Waals surface area contributed by atoms with E-state index in [9.17, 15) is 44.0 Å². The summed E-state index contributed by atoms with van der Waals surface area (Å²) in [5.74, 6) is -0.700. The highest BCUT2D eigenvalue weighted by Gasteiger charge is 2.49. The zero-order valence-corrected chi connectivity index (χ0v) is 43.7. The number of hydrogen-bond acceptors (Lipinski definition) is 14. The summed E-state index contributed by atoms with van der Waals surface area (Å²) in [5.41, 5.74) is 15.3. The maximum Gasteiger partial charge on any atom is 0.295 e. The number of carbonyl (C=O) groups excluding carboxylic acids is 1. The number of nitrogens with zero attached hydrogens (tertiary/aromatic N) is 1. The molecule has 4 aliphatic carbocycles. The first-order chi connectivity index (χ1) is 37.3. The van der Waals surface area contributed by atoms with Gasteiger partial charge in [-0.25, -0.2) is 0 Å². The molecule has 0 amide bonds. The molecular weight excluding hydrogens is 1060 g/mol. The normalized spacial score (nSPS) is 19.2. The molecule has 12 rings (SSSR count). The predicted octanol–water partition coefficient (Wildman–Crippen LogP) is 9.92. The van der Waals surface area contributed by atoms with Crippen LogP contribution < -0.4 is 25.8 Å². The van der Waals surface area contributed by atoms with Crippen molar-refractivity contribution >= 4 is 81.3 Å². The predicted molar refractivity (Wildman–Crippen MR) is 298 cm³/mol. The zero-order chi connectivity index (χ0) is 54.5. The van der Waals surface area contributed by atoms with Crippen LogP contribution in [0, 0.1) is 0 Å². The van der Waals surface area contributed by atoms with E-state index in [1.54, 1.807) is 30.3 Å². The second-order valence-electron chi connectivity index (χ2n) is 19.6. The minimum atomic E-state index is -4.78. The Morgan fingerprint density at radius 2 is 1.26 bits per heavy atom. The molecule has 1 aliphatic heterocycles. The molecular formula is C58H48N4O13S3. The number of carbonyl (C=O) groups is 1. The molecule has 2 atom stereocenters. The quantitative estimate of drug-likeness (QED) is 0.0218. The highest BCUT2D eigenvalue weighted by molar-refractivity contribution is 7.86. The van der Waals surface area contributed by atoms with E-state index in [1.807, 2.05) is 97.1 Å². The second-order valence-corrected chi connectivity index (χ2v) is 24.2. The van der Waals surface area contributed by atoms with E-state index in [0.717, 1.165) is 44.5 Å². The van der Waals surface area contributed by atoms with Crippen molar-refractivity contribution in [3.63, 3.8) is 0 Å². The summed E-state index contributed by atoms with van der Waals surface area (Å²) in [4.78, 5) is 20.4. The minimum Gasteiger partial charge on any atom is -0.506 e. The molecule has 0 radical (unpaired) electrons. The molecule has 0 aromatic heterocycles. The molecule has 7 aromatic carbocycles. The third-order valence-corrected chi connectivity index (χ3v) is 17.4. The standard InChI is InChI=1S/C58H48N4O13S3/c59-46-15-9-10-32-16-19-41(54(49(32)46)60-53-39-13-2-1-11-35(39)36-20-17-33(30-43(36)53)74-26-5-7-28-76(65,66)67)51-56(63)52(57(51)64)42-23-22-40-48(78(71,72)73)25-24-47-50(40)55(42)62-58(61-47)44-14-4-3-12-37(44)38-21-18-34(31-45(38)58)75-27-6-8-29-77(68,69)70/h1-4,9-25,30-31,53,61-63H,5-8,26-29,59H2,(H,65,66,67)(H,68,69,70)(H,71,72,73)/b51-41+,60-54-. The molecule has 1 heterocycles. The van der Waals surface area contributed by atoms with Crippen LogP contribution in [0.2, 0.25) is 0 Å². The summed E-state index contributed by atoms with van der Waals surface area (Å²) in [6, 6.07) is 37.3. The smallest absolute Gasteiger partial charge is 0.295 e. The number of hydrogen-bond donors (Lipinski definition) is 7. The number of aliphatic imine (C=N–C) groups is 1. The second kappa shape index (κ2) is 18.8. The van der Waals surface area contributed by atoms with Crippen molar-refractivity contribution in [2.45, 2.75) is 42.3 Å². The van der Waals surface area contributed by atoms with E-state index in [2.05, 4.69) is 10.6 Å². The van der Waals surface area contributed by atoms with Crippen LogP contribution in [0.3, 0.4) is 0 Å². The van der Waals surface area contributed by atoms with E-state index >= 15 is 4.79 Å². The Morgan fingerprint density at radius 3 is 1.96 bits per heavy atom. The van der Waals surface area contributed by atoms with E-state index in [-0.39, 0.29) is 70.2 Å². The fourth-order valence-electron chi connectivity index (χ4n) is 11.4. The Bertz CT molecular complexity index is 4260. The maximum absolute atomic E-state index is 15.3. The number of aliphatic hydroxyl groups is 1. The number of fused-ring (bicyclic) bond motifs is 9. The third kappa shape index (κ3) is 8.70. The number of allylic oxidation sites excluding steroid dienone is 4. The largest absolute Gasteiger partial charge is 0.506 e.